The summed E-state index contributed by atoms with van der Waals surface area (Å²) in [4.78, 5) is 26.5. The molecule has 122 valence electrons. The van der Waals surface area contributed by atoms with Crippen LogP contribution >= 0.6 is 11.3 Å². The van der Waals surface area contributed by atoms with Gasteiger partial charge in [-0.3, -0.25) is 9.69 Å². The van der Waals surface area contributed by atoms with Gasteiger partial charge in [0.05, 0.1) is 25.9 Å². The number of hydrogen-bond donors (Lipinski definition) is 2. The van der Waals surface area contributed by atoms with E-state index in [0.29, 0.717) is 19.4 Å². The molecule has 2 rings (SSSR count). The minimum Gasteiger partial charge on any atom is -0.389 e. The van der Waals surface area contributed by atoms with Crippen molar-refractivity contribution in [2.24, 2.45) is 0 Å². The predicted molar refractivity (Wildman–Crippen MR) is 83.5 cm³/mol. The Labute approximate surface area is 134 Å². The van der Waals surface area contributed by atoms with Crippen molar-refractivity contribution in [3.63, 3.8) is 0 Å². The lowest BCUT2D eigenvalue weighted by Crippen LogP contribution is -2.46. The molecule has 0 saturated carbocycles. The summed E-state index contributed by atoms with van der Waals surface area (Å²) in [6.07, 6.45) is 0.185. The van der Waals surface area contributed by atoms with Crippen molar-refractivity contribution in [2.45, 2.75) is 44.9 Å². The van der Waals surface area contributed by atoms with Gasteiger partial charge in [-0.25, -0.2) is 4.79 Å². The molecule has 7 heteroatoms. The predicted octanol–water partition coefficient (Wildman–Crippen LogP) is 1.74. The SMILES string of the molecule is CCC1(CC)NC(=O)N(CC(O)COCc2cccs2)C1=O. The van der Waals surface area contributed by atoms with E-state index in [1.54, 1.807) is 11.3 Å². The summed E-state index contributed by atoms with van der Waals surface area (Å²) in [6.45, 7) is 4.19. The van der Waals surface area contributed by atoms with E-state index in [1.165, 1.54) is 0 Å². The highest BCUT2D eigenvalue weighted by atomic mass is 32.1. The number of nitrogens with zero attached hydrogens (tertiary/aromatic N) is 1. The first-order chi connectivity index (χ1) is 10.5. The van der Waals surface area contributed by atoms with E-state index in [4.69, 9.17) is 4.74 Å². The molecular formula is C15H22N2O4S. The molecule has 22 heavy (non-hydrogen) atoms. The Bertz CT molecular complexity index is 514. The fourth-order valence-electron chi connectivity index (χ4n) is 2.52. The molecule has 6 nitrogen and oxygen atoms in total. The van der Waals surface area contributed by atoms with Gasteiger partial charge in [-0.15, -0.1) is 11.3 Å². The molecule has 0 radical (unpaired) electrons. The maximum absolute atomic E-state index is 12.4. The van der Waals surface area contributed by atoms with Gasteiger partial charge >= 0.3 is 6.03 Å². The van der Waals surface area contributed by atoms with E-state index < -0.39 is 17.7 Å². The standard InChI is InChI=1S/C15H22N2O4S/c1-3-15(4-2)13(19)17(14(20)16-15)8-11(18)9-21-10-12-6-5-7-22-12/h5-7,11,18H,3-4,8-10H2,1-2H3,(H,16,20). The minimum atomic E-state index is -0.890. The van der Waals surface area contributed by atoms with E-state index in [9.17, 15) is 14.7 Å². The maximum atomic E-state index is 12.4. The second-order valence-electron chi connectivity index (χ2n) is 5.38. The molecule has 1 aromatic rings. The largest absolute Gasteiger partial charge is 0.389 e. The first kappa shape index (κ1) is 16.9. The number of rotatable bonds is 8. The van der Waals surface area contributed by atoms with Crippen LogP contribution in [0.2, 0.25) is 0 Å². The highest BCUT2D eigenvalue weighted by Crippen LogP contribution is 2.25. The molecule has 3 amide bonds. The molecule has 1 aliphatic heterocycles. The van der Waals surface area contributed by atoms with Crippen LogP contribution in [0.15, 0.2) is 17.5 Å². The summed E-state index contributed by atoms with van der Waals surface area (Å²) < 4.78 is 5.42. The highest BCUT2D eigenvalue weighted by Gasteiger charge is 2.48. The Hall–Kier alpha value is -1.44. The monoisotopic (exact) mass is 326 g/mol. The first-order valence-electron chi connectivity index (χ1n) is 7.44. The Morgan fingerprint density at radius 1 is 1.41 bits per heavy atom. The van der Waals surface area contributed by atoms with Crippen LogP contribution in [-0.4, -0.2) is 46.7 Å². The zero-order valence-corrected chi connectivity index (χ0v) is 13.7. The number of imide groups is 1. The summed E-state index contributed by atoms with van der Waals surface area (Å²) >= 11 is 1.58. The average molecular weight is 326 g/mol. The molecule has 0 aliphatic carbocycles. The Balaban J connectivity index is 1.84. The highest BCUT2D eigenvalue weighted by molar-refractivity contribution is 7.09. The Morgan fingerprint density at radius 2 is 2.14 bits per heavy atom. The third-order valence-corrected chi connectivity index (χ3v) is 4.83. The van der Waals surface area contributed by atoms with Crippen LogP contribution < -0.4 is 5.32 Å². The summed E-state index contributed by atoms with van der Waals surface area (Å²) in [6, 6.07) is 3.44. The van der Waals surface area contributed by atoms with E-state index in [1.807, 2.05) is 31.4 Å². The van der Waals surface area contributed by atoms with Crippen molar-refractivity contribution in [2.75, 3.05) is 13.2 Å². The molecule has 1 fully saturated rings. The molecule has 2 N–H and O–H groups in total. The number of β-amino-alcohol motifs (C(OH)–C–C–N with tert-alkyl or cyclic N) is 1. The van der Waals surface area contributed by atoms with Gasteiger partial charge in [0, 0.05) is 4.88 Å². The quantitative estimate of drug-likeness (QED) is 0.713. The van der Waals surface area contributed by atoms with Gasteiger partial charge in [-0.2, -0.15) is 0 Å². The molecular weight excluding hydrogens is 304 g/mol. The van der Waals surface area contributed by atoms with E-state index in [2.05, 4.69) is 5.32 Å². The van der Waals surface area contributed by atoms with Gasteiger partial charge in [-0.1, -0.05) is 19.9 Å². The topological polar surface area (TPSA) is 78.9 Å². The van der Waals surface area contributed by atoms with Crippen LogP contribution in [0.1, 0.15) is 31.6 Å². The van der Waals surface area contributed by atoms with E-state index in [-0.39, 0.29) is 19.1 Å². The number of urea groups is 1. The molecule has 0 bridgehead atoms. The van der Waals surface area contributed by atoms with Crippen LogP contribution in [-0.2, 0) is 16.1 Å². The summed E-state index contributed by atoms with van der Waals surface area (Å²) in [7, 11) is 0. The Morgan fingerprint density at radius 3 is 2.68 bits per heavy atom. The van der Waals surface area contributed by atoms with Crippen molar-refractivity contribution in [1.29, 1.82) is 0 Å². The number of hydrogen-bond acceptors (Lipinski definition) is 5. The van der Waals surface area contributed by atoms with Gasteiger partial charge < -0.3 is 15.2 Å². The molecule has 1 atom stereocenters. The number of carbonyl (C=O) groups excluding carboxylic acids is 2. The summed E-state index contributed by atoms with van der Waals surface area (Å²) in [5.41, 5.74) is -0.825. The second kappa shape index (κ2) is 7.21. The van der Waals surface area contributed by atoms with Crippen molar-refractivity contribution in [3.8, 4) is 0 Å². The normalized spacial score (nSPS) is 18.6. The molecule has 0 aromatic carbocycles. The summed E-state index contributed by atoms with van der Waals surface area (Å²) in [5.74, 6) is -0.264. The molecule has 1 aromatic heterocycles. The third-order valence-electron chi connectivity index (χ3n) is 3.98. The molecule has 2 heterocycles. The van der Waals surface area contributed by atoms with Crippen LogP contribution in [0.25, 0.3) is 0 Å². The van der Waals surface area contributed by atoms with Crippen LogP contribution in [0.5, 0.6) is 0 Å². The molecule has 0 spiro atoms. The lowest BCUT2D eigenvalue weighted by atomic mass is 9.93. The number of ether oxygens (including phenoxy) is 1. The molecule has 1 saturated heterocycles. The van der Waals surface area contributed by atoms with Gasteiger partial charge in [0.25, 0.3) is 5.91 Å². The van der Waals surface area contributed by atoms with Crippen LogP contribution in [0.4, 0.5) is 4.79 Å². The maximum Gasteiger partial charge on any atom is 0.325 e. The Kier molecular flexibility index (Phi) is 5.55. The first-order valence-corrected chi connectivity index (χ1v) is 8.32. The smallest absolute Gasteiger partial charge is 0.325 e. The lowest BCUT2D eigenvalue weighted by Gasteiger charge is -2.23. The van der Waals surface area contributed by atoms with Crippen molar-refractivity contribution >= 4 is 23.3 Å². The zero-order valence-electron chi connectivity index (χ0n) is 12.9. The van der Waals surface area contributed by atoms with Crippen molar-refractivity contribution in [3.05, 3.63) is 22.4 Å². The van der Waals surface area contributed by atoms with Crippen molar-refractivity contribution < 1.29 is 19.4 Å². The number of aliphatic hydroxyl groups is 1. The number of thiophene rings is 1. The number of amides is 3. The second-order valence-corrected chi connectivity index (χ2v) is 6.42. The number of nitrogens with one attached hydrogen (secondary N) is 1. The number of carbonyl (C=O) groups is 2. The van der Waals surface area contributed by atoms with Gasteiger partial charge in [0.2, 0.25) is 0 Å². The fraction of sp³-hybridized carbons (Fsp3) is 0.600. The third kappa shape index (κ3) is 3.48. The fourth-order valence-corrected chi connectivity index (χ4v) is 3.17. The van der Waals surface area contributed by atoms with E-state index in [0.717, 1.165) is 9.78 Å². The van der Waals surface area contributed by atoms with E-state index >= 15 is 0 Å². The minimum absolute atomic E-state index is 0.0448. The average Bonchev–Trinajstić information content (AvgIpc) is 3.09. The van der Waals surface area contributed by atoms with Crippen LogP contribution in [0, 0.1) is 0 Å². The van der Waals surface area contributed by atoms with Gasteiger partial charge in [-0.05, 0) is 24.3 Å². The van der Waals surface area contributed by atoms with Crippen molar-refractivity contribution in [1.82, 2.24) is 10.2 Å². The van der Waals surface area contributed by atoms with Gasteiger partial charge in [0.15, 0.2) is 0 Å². The molecule has 1 unspecified atom stereocenters. The summed E-state index contributed by atoms with van der Waals surface area (Å²) in [5, 5.41) is 14.7. The van der Waals surface area contributed by atoms with Crippen LogP contribution in [0.3, 0.4) is 0 Å². The molecule has 1 aliphatic rings. The lowest BCUT2D eigenvalue weighted by molar-refractivity contribution is -0.133. The van der Waals surface area contributed by atoms with Gasteiger partial charge in [0.1, 0.15) is 5.54 Å². The zero-order chi connectivity index (χ0) is 16.2. The number of aliphatic hydroxyl groups excluding tert-OH is 1.